The third-order valence-electron chi connectivity index (χ3n) is 5.31. The molecule has 2 atom stereocenters. The summed E-state index contributed by atoms with van der Waals surface area (Å²) in [6.07, 6.45) is 3.18. The first-order chi connectivity index (χ1) is 12.1. The fourth-order valence-corrected chi connectivity index (χ4v) is 4.01. The van der Waals surface area contributed by atoms with Crippen molar-refractivity contribution in [1.82, 2.24) is 14.7 Å². The number of nitrogens with zero attached hydrogens (tertiary/aromatic N) is 3. The molecule has 0 bridgehead atoms. The summed E-state index contributed by atoms with van der Waals surface area (Å²) in [7, 11) is 0. The van der Waals surface area contributed by atoms with E-state index in [1.54, 1.807) is 0 Å². The van der Waals surface area contributed by atoms with Gasteiger partial charge in [-0.25, -0.2) is 0 Å². The summed E-state index contributed by atoms with van der Waals surface area (Å²) < 4.78 is 0. The highest BCUT2D eigenvalue weighted by molar-refractivity contribution is 5.83. The van der Waals surface area contributed by atoms with E-state index in [0.29, 0.717) is 6.54 Å². The van der Waals surface area contributed by atoms with Gasteiger partial charge in [0, 0.05) is 45.8 Å². The van der Waals surface area contributed by atoms with Gasteiger partial charge < -0.3 is 10.0 Å². The number of hydrogen-bond donors (Lipinski definition) is 1. The smallest absolute Gasteiger partial charge is 0.244 e. The standard InChI is InChI=1S/C20H31N3O2/c1-17(24)16-21-12-14-22(15-13-21)19(18-8-4-2-5-9-18)20(25)23-10-6-3-7-11-23/h2,4-5,8-9,17,19,24H,3,6-7,10-16H2,1H3/t17-,19+/m0/s1. The van der Waals surface area contributed by atoms with Crippen LogP contribution in [0, 0.1) is 0 Å². The van der Waals surface area contributed by atoms with Gasteiger partial charge in [0.15, 0.2) is 0 Å². The van der Waals surface area contributed by atoms with E-state index in [0.717, 1.165) is 57.7 Å². The minimum absolute atomic E-state index is 0.173. The molecule has 2 aliphatic heterocycles. The van der Waals surface area contributed by atoms with Crippen molar-refractivity contribution < 1.29 is 9.90 Å². The summed E-state index contributed by atoms with van der Waals surface area (Å²) >= 11 is 0. The Morgan fingerprint density at radius 1 is 1.00 bits per heavy atom. The van der Waals surface area contributed by atoms with Gasteiger partial charge in [-0.3, -0.25) is 14.6 Å². The summed E-state index contributed by atoms with van der Waals surface area (Å²) in [6, 6.07) is 10.0. The number of β-amino-alcohol motifs (C(OH)–C–C–N with tert-alkyl or cyclic N) is 1. The van der Waals surface area contributed by atoms with Crippen LogP contribution in [0.2, 0.25) is 0 Å². The third kappa shape index (κ3) is 4.81. The Labute approximate surface area is 151 Å². The number of amides is 1. The lowest BCUT2D eigenvalue weighted by Gasteiger charge is -2.41. The summed E-state index contributed by atoms with van der Waals surface area (Å²) in [4.78, 5) is 20.0. The second-order valence-corrected chi connectivity index (χ2v) is 7.38. The molecule has 1 aromatic rings. The number of likely N-dealkylation sites (tertiary alicyclic amines) is 1. The van der Waals surface area contributed by atoms with E-state index >= 15 is 0 Å². The summed E-state index contributed by atoms with van der Waals surface area (Å²) in [5.41, 5.74) is 1.10. The maximum atomic E-state index is 13.3. The first-order valence-electron chi connectivity index (χ1n) is 9.63. The number of piperazine rings is 1. The predicted molar refractivity (Wildman–Crippen MR) is 99.3 cm³/mol. The van der Waals surface area contributed by atoms with Crippen molar-refractivity contribution in [2.24, 2.45) is 0 Å². The zero-order chi connectivity index (χ0) is 17.6. The molecule has 0 spiro atoms. The Balaban J connectivity index is 1.72. The number of carbonyl (C=O) groups is 1. The zero-order valence-corrected chi connectivity index (χ0v) is 15.3. The molecular formula is C20H31N3O2. The van der Waals surface area contributed by atoms with Crippen molar-refractivity contribution >= 4 is 5.91 Å². The fourth-order valence-electron chi connectivity index (χ4n) is 4.01. The monoisotopic (exact) mass is 345 g/mol. The topological polar surface area (TPSA) is 47.0 Å². The largest absolute Gasteiger partial charge is 0.392 e. The van der Waals surface area contributed by atoms with Crippen LogP contribution in [0.3, 0.4) is 0 Å². The van der Waals surface area contributed by atoms with Gasteiger partial charge in [-0.1, -0.05) is 30.3 Å². The Kier molecular flexibility index (Phi) is 6.45. The lowest BCUT2D eigenvalue weighted by Crippen LogP contribution is -2.53. The van der Waals surface area contributed by atoms with Crippen LogP contribution in [0.15, 0.2) is 30.3 Å². The first-order valence-corrected chi connectivity index (χ1v) is 9.63. The number of piperidine rings is 1. The second kappa shape index (κ2) is 8.79. The van der Waals surface area contributed by atoms with Crippen LogP contribution in [0.25, 0.3) is 0 Å². The van der Waals surface area contributed by atoms with Crippen LogP contribution in [-0.2, 0) is 4.79 Å². The molecule has 5 nitrogen and oxygen atoms in total. The quantitative estimate of drug-likeness (QED) is 0.883. The number of hydrogen-bond acceptors (Lipinski definition) is 4. The van der Waals surface area contributed by atoms with Crippen LogP contribution in [-0.4, -0.2) is 77.6 Å². The molecule has 2 saturated heterocycles. The molecule has 0 saturated carbocycles. The highest BCUT2D eigenvalue weighted by Gasteiger charge is 2.33. The maximum absolute atomic E-state index is 13.3. The molecule has 138 valence electrons. The molecule has 25 heavy (non-hydrogen) atoms. The van der Waals surface area contributed by atoms with Gasteiger partial charge in [-0.2, -0.15) is 0 Å². The van der Waals surface area contributed by atoms with Crippen LogP contribution in [0.1, 0.15) is 37.8 Å². The van der Waals surface area contributed by atoms with Crippen molar-refractivity contribution in [3.63, 3.8) is 0 Å². The molecule has 3 rings (SSSR count). The number of rotatable bonds is 5. The molecule has 0 aromatic heterocycles. The number of benzene rings is 1. The van der Waals surface area contributed by atoms with E-state index in [1.165, 1.54) is 6.42 Å². The van der Waals surface area contributed by atoms with Crippen LogP contribution >= 0.6 is 0 Å². The van der Waals surface area contributed by atoms with E-state index in [-0.39, 0.29) is 18.1 Å². The lowest BCUT2D eigenvalue weighted by molar-refractivity contribution is -0.139. The van der Waals surface area contributed by atoms with E-state index in [4.69, 9.17) is 0 Å². The van der Waals surface area contributed by atoms with Gasteiger partial charge in [0.2, 0.25) is 5.91 Å². The number of aliphatic hydroxyl groups is 1. The minimum atomic E-state index is -0.300. The molecule has 1 amide bonds. The highest BCUT2D eigenvalue weighted by Crippen LogP contribution is 2.26. The average Bonchev–Trinajstić information content (AvgIpc) is 2.64. The van der Waals surface area contributed by atoms with Crippen LogP contribution < -0.4 is 0 Å². The Morgan fingerprint density at radius 2 is 1.64 bits per heavy atom. The van der Waals surface area contributed by atoms with Crippen LogP contribution in [0.5, 0.6) is 0 Å². The molecule has 0 unspecified atom stereocenters. The summed E-state index contributed by atoms with van der Waals surface area (Å²) in [5, 5.41) is 9.60. The van der Waals surface area contributed by atoms with Gasteiger partial charge in [-0.05, 0) is 31.7 Å². The van der Waals surface area contributed by atoms with E-state index in [1.807, 2.05) is 25.1 Å². The van der Waals surface area contributed by atoms with Crippen molar-refractivity contribution in [2.75, 3.05) is 45.8 Å². The molecule has 2 aliphatic rings. The Morgan fingerprint density at radius 3 is 2.24 bits per heavy atom. The van der Waals surface area contributed by atoms with Crippen LogP contribution in [0.4, 0.5) is 0 Å². The lowest BCUT2D eigenvalue weighted by atomic mass is 10.0. The molecule has 5 heteroatoms. The van der Waals surface area contributed by atoms with Crippen molar-refractivity contribution in [2.45, 2.75) is 38.3 Å². The molecule has 2 heterocycles. The summed E-state index contributed by atoms with van der Waals surface area (Å²) in [5.74, 6) is 0.259. The van der Waals surface area contributed by atoms with Gasteiger partial charge in [0.25, 0.3) is 0 Å². The maximum Gasteiger partial charge on any atom is 0.244 e. The molecule has 0 radical (unpaired) electrons. The summed E-state index contributed by atoms with van der Waals surface area (Å²) in [6.45, 7) is 7.87. The Bertz CT molecular complexity index is 535. The van der Waals surface area contributed by atoms with E-state index in [2.05, 4.69) is 26.8 Å². The number of aliphatic hydroxyl groups excluding tert-OH is 1. The molecule has 1 N–H and O–H groups in total. The molecule has 1 aromatic carbocycles. The van der Waals surface area contributed by atoms with Gasteiger partial charge in [0.1, 0.15) is 6.04 Å². The fraction of sp³-hybridized carbons (Fsp3) is 0.650. The van der Waals surface area contributed by atoms with Gasteiger partial charge in [-0.15, -0.1) is 0 Å². The van der Waals surface area contributed by atoms with Crippen molar-refractivity contribution in [1.29, 1.82) is 0 Å². The predicted octanol–water partition coefficient (Wildman–Crippen LogP) is 1.74. The van der Waals surface area contributed by atoms with E-state index in [9.17, 15) is 9.90 Å². The van der Waals surface area contributed by atoms with Gasteiger partial charge in [0.05, 0.1) is 6.10 Å². The number of carbonyl (C=O) groups excluding carboxylic acids is 1. The Hall–Kier alpha value is -1.43. The zero-order valence-electron chi connectivity index (χ0n) is 15.3. The first kappa shape index (κ1) is 18.4. The molecule has 2 fully saturated rings. The average molecular weight is 345 g/mol. The highest BCUT2D eigenvalue weighted by atomic mass is 16.3. The van der Waals surface area contributed by atoms with E-state index < -0.39 is 0 Å². The normalized spacial score (nSPS) is 22.6. The molecule has 0 aliphatic carbocycles. The minimum Gasteiger partial charge on any atom is -0.392 e. The van der Waals surface area contributed by atoms with Crippen molar-refractivity contribution in [3.8, 4) is 0 Å². The van der Waals surface area contributed by atoms with Gasteiger partial charge >= 0.3 is 0 Å². The molecular weight excluding hydrogens is 314 g/mol. The van der Waals surface area contributed by atoms with Crippen molar-refractivity contribution in [3.05, 3.63) is 35.9 Å². The third-order valence-corrected chi connectivity index (χ3v) is 5.31. The second-order valence-electron chi connectivity index (χ2n) is 7.38. The SMILES string of the molecule is C[C@H](O)CN1CCN([C@@H](C(=O)N2CCCCC2)c2ccccc2)CC1.